The van der Waals surface area contributed by atoms with Gasteiger partial charge in [0.2, 0.25) is 5.91 Å². The van der Waals surface area contributed by atoms with Crippen LogP contribution in [-0.2, 0) is 14.3 Å². The van der Waals surface area contributed by atoms with Gasteiger partial charge < -0.3 is 14.5 Å². The maximum atomic E-state index is 12.2. The van der Waals surface area contributed by atoms with E-state index in [2.05, 4.69) is 6.92 Å². The monoisotopic (exact) mass is 344 g/mol. The lowest BCUT2D eigenvalue weighted by Crippen LogP contribution is -2.40. The van der Waals surface area contributed by atoms with Gasteiger partial charge in [-0.05, 0) is 43.4 Å². The zero-order valence-corrected chi connectivity index (χ0v) is 14.6. The molecule has 0 unspecified atom stereocenters. The van der Waals surface area contributed by atoms with E-state index in [-0.39, 0.29) is 18.4 Å². The number of amides is 2. The number of esters is 1. The van der Waals surface area contributed by atoms with Crippen LogP contribution in [-0.4, -0.2) is 48.9 Å². The zero-order valence-electron chi connectivity index (χ0n) is 14.6. The van der Waals surface area contributed by atoms with Crippen LogP contribution in [0.4, 0.5) is 5.69 Å². The van der Waals surface area contributed by atoms with Crippen molar-refractivity contribution in [1.29, 1.82) is 0 Å². The Morgan fingerprint density at radius 2 is 1.96 bits per heavy atom. The molecule has 2 aliphatic rings. The summed E-state index contributed by atoms with van der Waals surface area (Å²) in [6.45, 7) is 4.07. The number of rotatable bonds is 4. The van der Waals surface area contributed by atoms with Crippen molar-refractivity contribution < 1.29 is 19.1 Å². The van der Waals surface area contributed by atoms with Gasteiger partial charge in [0.15, 0.2) is 6.61 Å². The Labute approximate surface area is 147 Å². The molecule has 6 nitrogen and oxygen atoms in total. The Kier molecular flexibility index (Phi) is 5.36. The first kappa shape index (κ1) is 17.5. The maximum absolute atomic E-state index is 12.2. The number of hydrogen-bond donors (Lipinski definition) is 0. The van der Waals surface area contributed by atoms with Gasteiger partial charge in [0, 0.05) is 31.7 Å². The topological polar surface area (TPSA) is 66.9 Å². The van der Waals surface area contributed by atoms with Crippen molar-refractivity contribution in [1.82, 2.24) is 4.90 Å². The van der Waals surface area contributed by atoms with Crippen LogP contribution in [0.2, 0.25) is 0 Å². The molecular weight excluding hydrogens is 320 g/mol. The Hall–Kier alpha value is -2.37. The van der Waals surface area contributed by atoms with Gasteiger partial charge in [-0.2, -0.15) is 0 Å². The van der Waals surface area contributed by atoms with Gasteiger partial charge >= 0.3 is 5.97 Å². The molecule has 2 saturated heterocycles. The number of ether oxygens (including phenoxy) is 1. The Bertz CT molecular complexity index is 665. The highest BCUT2D eigenvalue weighted by molar-refractivity contribution is 5.97. The minimum atomic E-state index is -0.535. The summed E-state index contributed by atoms with van der Waals surface area (Å²) >= 11 is 0. The highest BCUT2D eigenvalue weighted by atomic mass is 16.5. The molecule has 25 heavy (non-hydrogen) atoms. The normalized spacial score (nSPS) is 18.5. The number of carbonyl (C=O) groups is 3. The van der Waals surface area contributed by atoms with E-state index >= 15 is 0 Å². The molecule has 3 rings (SSSR count). The maximum Gasteiger partial charge on any atom is 0.338 e. The van der Waals surface area contributed by atoms with E-state index < -0.39 is 5.97 Å². The van der Waals surface area contributed by atoms with Crippen LogP contribution in [0.5, 0.6) is 0 Å². The third-order valence-electron chi connectivity index (χ3n) is 4.93. The Balaban J connectivity index is 1.56. The van der Waals surface area contributed by atoms with Crippen LogP contribution < -0.4 is 4.90 Å². The van der Waals surface area contributed by atoms with Crippen molar-refractivity contribution in [3.05, 3.63) is 29.8 Å². The lowest BCUT2D eigenvalue weighted by molar-refractivity contribution is -0.135. The van der Waals surface area contributed by atoms with Crippen molar-refractivity contribution in [3.63, 3.8) is 0 Å². The van der Waals surface area contributed by atoms with E-state index in [0.717, 1.165) is 32.4 Å². The number of carbonyl (C=O) groups excluding carboxylic acids is 3. The van der Waals surface area contributed by atoms with E-state index in [1.165, 1.54) is 0 Å². The SMILES string of the molecule is CC1CCN(C(=O)COC(=O)c2cccc(N3CCCC3=O)c2)CC1. The van der Waals surface area contributed by atoms with Crippen LogP contribution in [0.3, 0.4) is 0 Å². The first-order chi connectivity index (χ1) is 12.0. The van der Waals surface area contributed by atoms with E-state index in [1.807, 2.05) is 0 Å². The van der Waals surface area contributed by atoms with Crippen molar-refractivity contribution in [2.75, 3.05) is 31.1 Å². The summed E-state index contributed by atoms with van der Waals surface area (Å²) in [6, 6.07) is 6.82. The average molecular weight is 344 g/mol. The van der Waals surface area contributed by atoms with E-state index in [1.54, 1.807) is 34.1 Å². The molecule has 6 heteroatoms. The molecule has 134 valence electrons. The van der Waals surface area contributed by atoms with E-state index in [4.69, 9.17) is 4.74 Å². The molecule has 0 N–H and O–H groups in total. The summed E-state index contributed by atoms with van der Waals surface area (Å²) in [7, 11) is 0. The lowest BCUT2D eigenvalue weighted by Gasteiger charge is -2.30. The molecule has 0 radical (unpaired) electrons. The molecule has 0 atom stereocenters. The molecular formula is C19H24N2O4. The Morgan fingerprint density at radius 3 is 2.64 bits per heavy atom. The predicted molar refractivity (Wildman–Crippen MR) is 93.3 cm³/mol. The molecule has 0 bridgehead atoms. The molecule has 2 fully saturated rings. The lowest BCUT2D eigenvalue weighted by atomic mass is 9.99. The summed E-state index contributed by atoms with van der Waals surface area (Å²) in [5, 5.41) is 0. The van der Waals surface area contributed by atoms with E-state index in [0.29, 0.717) is 30.1 Å². The zero-order chi connectivity index (χ0) is 17.8. The largest absolute Gasteiger partial charge is 0.452 e. The van der Waals surface area contributed by atoms with Gasteiger partial charge in [0.25, 0.3) is 5.91 Å². The summed E-state index contributed by atoms with van der Waals surface area (Å²) in [5.41, 5.74) is 1.06. The first-order valence-electron chi connectivity index (χ1n) is 8.90. The number of anilines is 1. The van der Waals surface area contributed by atoms with Gasteiger partial charge in [0.1, 0.15) is 0 Å². The van der Waals surface area contributed by atoms with Gasteiger partial charge in [-0.1, -0.05) is 13.0 Å². The van der Waals surface area contributed by atoms with Gasteiger partial charge in [-0.3, -0.25) is 9.59 Å². The molecule has 0 spiro atoms. The average Bonchev–Trinajstić information content (AvgIpc) is 3.06. The van der Waals surface area contributed by atoms with Crippen LogP contribution >= 0.6 is 0 Å². The summed E-state index contributed by atoms with van der Waals surface area (Å²) in [4.78, 5) is 39.7. The third kappa shape index (κ3) is 4.18. The minimum absolute atomic E-state index is 0.0695. The Morgan fingerprint density at radius 1 is 1.20 bits per heavy atom. The summed E-state index contributed by atoms with van der Waals surface area (Å²) in [6.07, 6.45) is 3.35. The number of piperidine rings is 1. The molecule has 1 aromatic carbocycles. The van der Waals surface area contributed by atoms with Crippen molar-refractivity contribution in [2.45, 2.75) is 32.6 Å². The van der Waals surface area contributed by atoms with Crippen molar-refractivity contribution in [2.24, 2.45) is 5.92 Å². The molecule has 1 aromatic rings. The van der Waals surface area contributed by atoms with Gasteiger partial charge in [-0.15, -0.1) is 0 Å². The predicted octanol–water partition coefficient (Wildman–Crippen LogP) is 2.23. The standard InChI is InChI=1S/C19H24N2O4/c1-14-7-10-20(11-8-14)18(23)13-25-19(24)15-4-2-5-16(12-15)21-9-3-6-17(21)22/h2,4-5,12,14H,3,6-11,13H2,1H3. The van der Waals surface area contributed by atoms with Crippen molar-refractivity contribution >= 4 is 23.5 Å². The van der Waals surface area contributed by atoms with E-state index in [9.17, 15) is 14.4 Å². The molecule has 0 saturated carbocycles. The molecule has 2 heterocycles. The summed E-state index contributed by atoms with van der Waals surface area (Å²) in [5.74, 6) is 0.0287. The third-order valence-corrected chi connectivity index (χ3v) is 4.93. The fourth-order valence-corrected chi connectivity index (χ4v) is 3.28. The van der Waals surface area contributed by atoms with Crippen LogP contribution in [0.25, 0.3) is 0 Å². The second kappa shape index (κ2) is 7.68. The molecule has 0 aromatic heterocycles. The fraction of sp³-hybridized carbons (Fsp3) is 0.526. The fourth-order valence-electron chi connectivity index (χ4n) is 3.28. The number of benzene rings is 1. The van der Waals surface area contributed by atoms with Gasteiger partial charge in [0.05, 0.1) is 5.56 Å². The summed E-state index contributed by atoms with van der Waals surface area (Å²) < 4.78 is 5.18. The van der Waals surface area contributed by atoms with Gasteiger partial charge in [-0.25, -0.2) is 4.79 Å². The molecule has 0 aliphatic carbocycles. The smallest absolute Gasteiger partial charge is 0.338 e. The second-order valence-corrected chi connectivity index (χ2v) is 6.84. The number of nitrogens with zero attached hydrogens (tertiary/aromatic N) is 2. The number of likely N-dealkylation sites (tertiary alicyclic amines) is 1. The quantitative estimate of drug-likeness (QED) is 0.786. The highest BCUT2D eigenvalue weighted by Crippen LogP contribution is 2.22. The second-order valence-electron chi connectivity index (χ2n) is 6.84. The number of hydrogen-bond acceptors (Lipinski definition) is 4. The van der Waals surface area contributed by atoms with Crippen LogP contribution in [0.15, 0.2) is 24.3 Å². The molecule has 2 amide bonds. The van der Waals surface area contributed by atoms with Crippen LogP contribution in [0.1, 0.15) is 43.0 Å². The molecule has 2 aliphatic heterocycles. The van der Waals surface area contributed by atoms with Crippen LogP contribution in [0, 0.1) is 5.92 Å². The minimum Gasteiger partial charge on any atom is -0.452 e. The van der Waals surface area contributed by atoms with Crippen molar-refractivity contribution in [3.8, 4) is 0 Å². The first-order valence-corrected chi connectivity index (χ1v) is 8.90. The highest BCUT2D eigenvalue weighted by Gasteiger charge is 2.24.